The van der Waals surface area contributed by atoms with Gasteiger partial charge in [-0.3, -0.25) is 4.57 Å². The summed E-state index contributed by atoms with van der Waals surface area (Å²) in [7, 11) is 0. The SMILES string of the molecule is C1=CC2=[N+](c3ccccc3)c3cccc4c5ccc6c7ccccc7n(-c7nc(-c8ccccc8)cc(-c8ccccc8)n7)c6c5n(c34)C2C=C1. The number of allylic oxidation sites excluding steroid dienone is 4. The molecule has 1 aliphatic carbocycles. The van der Waals surface area contributed by atoms with E-state index >= 15 is 0 Å². The van der Waals surface area contributed by atoms with E-state index in [2.05, 4.69) is 178 Å². The third-order valence-corrected chi connectivity index (χ3v) is 10.4. The Labute approximate surface area is 294 Å². The van der Waals surface area contributed by atoms with Crippen LogP contribution < -0.4 is 4.58 Å². The second kappa shape index (κ2) is 10.8. The van der Waals surface area contributed by atoms with Gasteiger partial charge in [0, 0.05) is 56.9 Å². The Morgan fingerprint density at radius 1 is 0.510 bits per heavy atom. The highest BCUT2D eigenvalue weighted by atomic mass is 15.2. The average molecular weight is 653 g/mol. The second-order valence-corrected chi connectivity index (χ2v) is 13.2. The summed E-state index contributed by atoms with van der Waals surface area (Å²) in [6.07, 6.45) is 8.92. The van der Waals surface area contributed by atoms with E-state index in [1.165, 1.54) is 44.0 Å². The van der Waals surface area contributed by atoms with Gasteiger partial charge in [0.25, 0.3) is 0 Å². The molecule has 1 aliphatic heterocycles. The van der Waals surface area contributed by atoms with Crippen LogP contribution in [0.3, 0.4) is 0 Å². The zero-order valence-corrected chi connectivity index (χ0v) is 27.6. The molecule has 0 saturated carbocycles. The Kier molecular flexibility index (Phi) is 5.95. The van der Waals surface area contributed by atoms with Gasteiger partial charge in [-0.1, -0.05) is 140 Å². The van der Waals surface area contributed by atoms with Crippen LogP contribution in [0.1, 0.15) is 6.04 Å². The summed E-state index contributed by atoms with van der Waals surface area (Å²) in [5, 5.41) is 4.79. The van der Waals surface area contributed by atoms with Crippen LogP contribution in [0.2, 0.25) is 0 Å². The van der Waals surface area contributed by atoms with E-state index in [1.807, 2.05) is 12.1 Å². The smallest absolute Gasteiger partial charge is 0.235 e. The van der Waals surface area contributed by atoms with E-state index in [9.17, 15) is 0 Å². The zero-order valence-electron chi connectivity index (χ0n) is 27.6. The third-order valence-electron chi connectivity index (χ3n) is 10.4. The Balaban J connectivity index is 1.30. The molecule has 51 heavy (non-hydrogen) atoms. The molecule has 0 fully saturated rings. The van der Waals surface area contributed by atoms with Crippen molar-refractivity contribution in [3.05, 3.63) is 176 Å². The lowest BCUT2D eigenvalue weighted by Gasteiger charge is -2.25. The van der Waals surface area contributed by atoms with Crippen molar-refractivity contribution in [3.8, 4) is 28.5 Å². The van der Waals surface area contributed by atoms with Crippen LogP contribution in [0.5, 0.6) is 0 Å². The predicted molar refractivity (Wildman–Crippen MR) is 210 cm³/mol. The molecular weight excluding hydrogens is 623 g/mol. The molecule has 0 bridgehead atoms. The molecule has 6 aromatic carbocycles. The van der Waals surface area contributed by atoms with Crippen LogP contribution in [-0.4, -0.2) is 24.8 Å². The fourth-order valence-electron chi connectivity index (χ4n) is 8.28. The van der Waals surface area contributed by atoms with Gasteiger partial charge in [0.05, 0.1) is 27.9 Å². The number of fused-ring (bicyclic) bond motifs is 9. The number of para-hydroxylation sites is 3. The van der Waals surface area contributed by atoms with E-state index in [-0.39, 0.29) is 6.04 Å². The summed E-state index contributed by atoms with van der Waals surface area (Å²) in [6, 6.07) is 53.6. The van der Waals surface area contributed by atoms with Gasteiger partial charge in [0.1, 0.15) is 11.6 Å². The molecule has 4 heterocycles. The van der Waals surface area contributed by atoms with E-state index in [1.54, 1.807) is 0 Å². The molecule has 11 rings (SSSR count). The fraction of sp³-hybridized carbons (Fsp3) is 0.0217. The molecule has 0 saturated heterocycles. The molecule has 5 heteroatoms. The first-order valence-electron chi connectivity index (χ1n) is 17.4. The number of aromatic nitrogens is 4. The Bertz CT molecular complexity index is 2890. The van der Waals surface area contributed by atoms with Gasteiger partial charge in [0.15, 0.2) is 0 Å². The highest BCUT2D eigenvalue weighted by Crippen LogP contribution is 2.47. The third kappa shape index (κ3) is 4.06. The maximum absolute atomic E-state index is 5.36. The van der Waals surface area contributed by atoms with Crippen molar-refractivity contribution in [2.24, 2.45) is 0 Å². The van der Waals surface area contributed by atoms with Crippen molar-refractivity contribution in [1.29, 1.82) is 0 Å². The van der Waals surface area contributed by atoms with Crippen molar-refractivity contribution in [3.63, 3.8) is 0 Å². The summed E-state index contributed by atoms with van der Waals surface area (Å²) >= 11 is 0. The van der Waals surface area contributed by atoms with Crippen molar-refractivity contribution >= 4 is 60.7 Å². The van der Waals surface area contributed by atoms with E-state index < -0.39 is 0 Å². The quantitative estimate of drug-likeness (QED) is 0.178. The molecule has 0 N–H and O–H groups in total. The minimum atomic E-state index is -0.0152. The van der Waals surface area contributed by atoms with E-state index in [0.29, 0.717) is 5.95 Å². The lowest BCUT2D eigenvalue weighted by Crippen LogP contribution is -2.30. The molecular formula is C46H30N5+. The van der Waals surface area contributed by atoms with Crippen molar-refractivity contribution in [2.75, 3.05) is 0 Å². The fourth-order valence-corrected chi connectivity index (χ4v) is 8.28. The summed E-state index contributed by atoms with van der Waals surface area (Å²) in [5.41, 5.74) is 12.0. The average Bonchev–Trinajstić information content (AvgIpc) is 3.73. The van der Waals surface area contributed by atoms with E-state index in [4.69, 9.17) is 9.97 Å². The normalized spacial score (nSPS) is 15.0. The minimum Gasteiger partial charge on any atom is -0.316 e. The maximum atomic E-state index is 5.36. The molecule has 1 atom stereocenters. The molecule has 1 unspecified atom stereocenters. The van der Waals surface area contributed by atoms with Gasteiger partial charge in [-0.05, 0) is 12.1 Å². The van der Waals surface area contributed by atoms with Gasteiger partial charge < -0.3 is 4.57 Å². The molecule has 9 aromatic rings. The Morgan fingerprint density at radius 3 is 1.84 bits per heavy atom. The van der Waals surface area contributed by atoms with Crippen LogP contribution in [-0.2, 0) is 0 Å². The highest BCUT2D eigenvalue weighted by Gasteiger charge is 2.38. The number of hydrogen-bond donors (Lipinski definition) is 0. The first-order chi connectivity index (χ1) is 25.3. The predicted octanol–water partition coefficient (Wildman–Crippen LogP) is 11.0. The summed E-state index contributed by atoms with van der Waals surface area (Å²) in [4.78, 5) is 10.7. The van der Waals surface area contributed by atoms with Gasteiger partial charge in [-0.25, -0.2) is 9.97 Å². The lowest BCUT2D eigenvalue weighted by atomic mass is 10.0. The summed E-state index contributed by atoms with van der Waals surface area (Å²) in [5.74, 6) is 0.650. The van der Waals surface area contributed by atoms with Crippen LogP contribution >= 0.6 is 0 Å². The van der Waals surface area contributed by atoms with E-state index in [0.717, 1.165) is 39.2 Å². The van der Waals surface area contributed by atoms with Gasteiger partial charge in [-0.2, -0.15) is 4.58 Å². The lowest BCUT2D eigenvalue weighted by molar-refractivity contribution is 0.781. The van der Waals surface area contributed by atoms with Crippen LogP contribution in [0.15, 0.2) is 176 Å². The molecule has 5 nitrogen and oxygen atoms in total. The maximum Gasteiger partial charge on any atom is 0.235 e. The highest BCUT2D eigenvalue weighted by molar-refractivity contribution is 6.26. The Morgan fingerprint density at radius 2 is 1.12 bits per heavy atom. The molecule has 238 valence electrons. The summed E-state index contributed by atoms with van der Waals surface area (Å²) < 4.78 is 7.29. The monoisotopic (exact) mass is 652 g/mol. The molecule has 0 amide bonds. The van der Waals surface area contributed by atoms with Crippen LogP contribution in [0.4, 0.5) is 11.4 Å². The first kappa shape index (κ1) is 28.0. The minimum absolute atomic E-state index is 0.0152. The van der Waals surface area contributed by atoms with Crippen molar-refractivity contribution < 1.29 is 0 Å². The van der Waals surface area contributed by atoms with Gasteiger partial charge >= 0.3 is 0 Å². The number of benzene rings is 6. The van der Waals surface area contributed by atoms with Gasteiger partial charge in [-0.15, -0.1) is 0 Å². The number of hydrogen-bond acceptors (Lipinski definition) is 2. The molecule has 0 radical (unpaired) electrons. The standard InChI is InChI=1S/C46H30N5/c1-4-15-30(16-5-1)37-29-38(31-17-6-2-7-18-31)48-46(47-37)51-39-23-11-10-21-33(39)35-27-28-36-34-22-14-26-42-43(34)50(44(36)45(35)51)41-25-13-12-24-40(41)49(42)32-19-8-3-9-20-32/h1-29,41H/q+1. The van der Waals surface area contributed by atoms with Crippen molar-refractivity contribution in [2.45, 2.75) is 6.04 Å². The molecule has 3 aromatic heterocycles. The zero-order chi connectivity index (χ0) is 33.5. The molecule has 0 spiro atoms. The molecule has 2 aliphatic rings. The second-order valence-electron chi connectivity index (χ2n) is 13.2. The van der Waals surface area contributed by atoms with Crippen LogP contribution in [0, 0.1) is 0 Å². The van der Waals surface area contributed by atoms with Gasteiger partial charge in [0.2, 0.25) is 23.0 Å². The number of nitrogens with zero attached hydrogens (tertiary/aromatic N) is 5. The number of rotatable bonds is 4. The van der Waals surface area contributed by atoms with Crippen LogP contribution in [0.25, 0.3) is 72.1 Å². The topological polar surface area (TPSA) is 38.6 Å². The largest absolute Gasteiger partial charge is 0.316 e. The van der Waals surface area contributed by atoms with Crippen molar-refractivity contribution in [1.82, 2.24) is 23.7 Å². The summed E-state index contributed by atoms with van der Waals surface area (Å²) in [6.45, 7) is 0. The Hall–Kier alpha value is -6.85. The first-order valence-corrected chi connectivity index (χ1v) is 17.4.